The molecule has 104 valence electrons. The largest absolute Gasteiger partial charge is 0.370 e. The summed E-state index contributed by atoms with van der Waals surface area (Å²) in [6, 6.07) is 0. The third-order valence-corrected chi connectivity index (χ3v) is 3.19. The summed E-state index contributed by atoms with van der Waals surface area (Å²) in [5.74, 6) is -0.0590. The first-order valence-electron chi connectivity index (χ1n) is 5.33. The number of nitro groups is 1. The van der Waals surface area contributed by atoms with Gasteiger partial charge < -0.3 is 15.8 Å². The van der Waals surface area contributed by atoms with Crippen molar-refractivity contribution in [1.29, 1.82) is 0 Å². The number of ether oxygens (including phenoxy) is 1. The summed E-state index contributed by atoms with van der Waals surface area (Å²) in [7, 11) is 0. The molecule has 3 N–H and O–H groups in total. The molecule has 0 aliphatic heterocycles. The summed E-state index contributed by atoms with van der Waals surface area (Å²) in [6.45, 7) is 2.15. The van der Waals surface area contributed by atoms with E-state index >= 15 is 0 Å². The van der Waals surface area contributed by atoms with Crippen LogP contribution in [0.3, 0.4) is 0 Å². The van der Waals surface area contributed by atoms with Crippen LogP contribution in [0.1, 0.15) is 5.56 Å². The molecule has 0 atom stereocenters. The predicted octanol–water partition coefficient (Wildman–Crippen LogP) is 0.975. The van der Waals surface area contributed by atoms with Crippen LogP contribution in [0.25, 0.3) is 0 Å². The number of amides is 1. The van der Waals surface area contributed by atoms with E-state index in [-0.39, 0.29) is 18.9 Å². The monoisotopic (exact) mass is 332 g/mol. The number of carbonyl (C=O) groups excluding carboxylic acids is 1. The van der Waals surface area contributed by atoms with Crippen molar-refractivity contribution >= 4 is 33.3 Å². The van der Waals surface area contributed by atoms with E-state index in [0.717, 1.165) is 0 Å². The molecule has 9 heteroatoms. The van der Waals surface area contributed by atoms with E-state index in [0.29, 0.717) is 22.4 Å². The second-order valence-electron chi connectivity index (χ2n) is 3.63. The fourth-order valence-electron chi connectivity index (χ4n) is 1.29. The SMILES string of the molecule is Cc1c([N+](=O)[O-])cnc(NCCOCC(N)=O)c1Br. The summed E-state index contributed by atoms with van der Waals surface area (Å²) in [5, 5.41) is 13.6. The number of anilines is 1. The molecule has 0 spiro atoms. The molecule has 8 nitrogen and oxygen atoms in total. The second kappa shape index (κ2) is 7.00. The maximum atomic E-state index is 10.7. The Balaban J connectivity index is 2.58. The van der Waals surface area contributed by atoms with Gasteiger partial charge in [0.15, 0.2) is 0 Å². The first kappa shape index (κ1) is 15.3. The first-order valence-corrected chi connectivity index (χ1v) is 6.12. The molecule has 1 heterocycles. The number of hydrogen-bond donors (Lipinski definition) is 2. The smallest absolute Gasteiger partial charge is 0.291 e. The van der Waals surface area contributed by atoms with Gasteiger partial charge in [0.2, 0.25) is 5.91 Å². The summed E-state index contributed by atoms with van der Waals surface area (Å²) in [4.78, 5) is 24.6. The number of carbonyl (C=O) groups is 1. The first-order chi connectivity index (χ1) is 8.93. The minimum Gasteiger partial charge on any atom is -0.370 e. The highest BCUT2D eigenvalue weighted by Gasteiger charge is 2.16. The van der Waals surface area contributed by atoms with Gasteiger partial charge in [0.05, 0.1) is 16.0 Å². The third kappa shape index (κ3) is 4.45. The lowest BCUT2D eigenvalue weighted by Gasteiger charge is -2.09. The molecule has 0 unspecified atom stereocenters. The van der Waals surface area contributed by atoms with Crippen LogP contribution in [0.5, 0.6) is 0 Å². The van der Waals surface area contributed by atoms with Crippen molar-refractivity contribution in [1.82, 2.24) is 4.98 Å². The number of nitrogens with two attached hydrogens (primary N) is 1. The lowest BCUT2D eigenvalue weighted by molar-refractivity contribution is -0.385. The maximum Gasteiger partial charge on any atom is 0.291 e. The highest BCUT2D eigenvalue weighted by molar-refractivity contribution is 9.10. The quantitative estimate of drug-likeness (QED) is 0.436. The number of nitrogens with zero attached hydrogens (tertiary/aromatic N) is 2. The van der Waals surface area contributed by atoms with Crippen molar-refractivity contribution in [3.63, 3.8) is 0 Å². The Morgan fingerprint density at radius 3 is 2.95 bits per heavy atom. The normalized spacial score (nSPS) is 10.2. The van der Waals surface area contributed by atoms with Crippen molar-refractivity contribution < 1.29 is 14.5 Å². The van der Waals surface area contributed by atoms with Gasteiger partial charge in [-0.2, -0.15) is 0 Å². The highest BCUT2D eigenvalue weighted by atomic mass is 79.9. The fourth-order valence-corrected chi connectivity index (χ4v) is 1.74. The molecule has 0 saturated heterocycles. The van der Waals surface area contributed by atoms with Crippen LogP contribution < -0.4 is 11.1 Å². The van der Waals surface area contributed by atoms with Gasteiger partial charge in [-0.3, -0.25) is 14.9 Å². The van der Waals surface area contributed by atoms with Gasteiger partial charge in [-0.15, -0.1) is 0 Å². The lowest BCUT2D eigenvalue weighted by Crippen LogP contribution is -2.20. The molecule has 1 rings (SSSR count). The molecule has 0 bridgehead atoms. The zero-order valence-corrected chi connectivity index (χ0v) is 11.8. The van der Waals surface area contributed by atoms with Crippen LogP contribution in [0.2, 0.25) is 0 Å². The Morgan fingerprint density at radius 1 is 1.68 bits per heavy atom. The van der Waals surface area contributed by atoms with Gasteiger partial charge in [-0.05, 0) is 22.9 Å². The van der Waals surface area contributed by atoms with Crippen molar-refractivity contribution in [2.24, 2.45) is 5.73 Å². The summed E-state index contributed by atoms with van der Waals surface area (Å²) in [6.07, 6.45) is 1.19. The molecular weight excluding hydrogens is 320 g/mol. The summed E-state index contributed by atoms with van der Waals surface area (Å²) in [5.41, 5.74) is 5.34. The van der Waals surface area contributed by atoms with E-state index in [9.17, 15) is 14.9 Å². The summed E-state index contributed by atoms with van der Waals surface area (Å²) >= 11 is 3.25. The zero-order chi connectivity index (χ0) is 14.4. The number of hydrogen-bond acceptors (Lipinski definition) is 6. The van der Waals surface area contributed by atoms with Gasteiger partial charge in [-0.1, -0.05) is 0 Å². The van der Waals surface area contributed by atoms with E-state index < -0.39 is 10.8 Å². The van der Waals surface area contributed by atoms with Crippen LogP contribution in [-0.2, 0) is 9.53 Å². The predicted molar refractivity (Wildman–Crippen MR) is 71.8 cm³/mol. The van der Waals surface area contributed by atoms with E-state index in [1.54, 1.807) is 6.92 Å². The van der Waals surface area contributed by atoms with E-state index in [4.69, 9.17) is 10.5 Å². The van der Waals surface area contributed by atoms with E-state index in [2.05, 4.69) is 26.2 Å². The lowest BCUT2D eigenvalue weighted by atomic mass is 10.2. The van der Waals surface area contributed by atoms with Gasteiger partial charge >= 0.3 is 0 Å². The van der Waals surface area contributed by atoms with Crippen molar-refractivity contribution in [3.8, 4) is 0 Å². The van der Waals surface area contributed by atoms with Crippen molar-refractivity contribution in [3.05, 3.63) is 26.3 Å². The number of halogens is 1. The number of rotatable bonds is 7. The minimum atomic E-state index is -0.537. The Hall–Kier alpha value is -1.74. The summed E-state index contributed by atoms with van der Waals surface area (Å²) < 4.78 is 5.49. The highest BCUT2D eigenvalue weighted by Crippen LogP contribution is 2.30. The van der Waals surface area contributed by atoms with Crippen LogP contribution in [0.15, 0.2) is 10.7 Å². The Labute approximate surface area is 117 Å². The molecule has 0 fully saturated rings. The molecular formula is C10H13BrN4O4. The number of pyridine rings is 1. The van der Waals surface area contributed by atoms with Gasteiger partial charge in [0, 0.05) is 12.1 Å². The maximum absolute atomic E-state index is 10.7. The molecule has 19 heavy (non-hydrogen) atoms. The van der Waals surface area contributed by atoms with E-state index in [1.165, 1.54) is 6.20 Å². The van der Waals surface area contributed by atoms with Crippen LogP contribution in [-0.4, -0.2) is 35.6 Å². The molecule has 1 amide bonds. The third-order valence-electron chi connectivity index (χ3n) is 2.22. The van der Waals surface area contributed by atoms with Gasteiger partial charge in [0.25, 0.3) is 5.69 Å². The molecule has 0 aliphatic rings. The van der Waals surface area contributed by atoms with Crippen LogP contribution in [0.4, 0.5) is 11.5 Å². The molecule has 0 aromatic carbocycles. The molecule has 1 aromatic rings. The fraction of sp³-hybridized carbons (Fsp3) is 0.400. The van der Waals surface area contributed by atoms with Gasteiger partial charge in [0.1, 0.15) is 18.6 Å². The zero-order valence-electron chi connectivity index (χ0n) is 10.2. The van der Waals surface area contributed by atoms with Gasteiger partial charge in [-0.25, -0.2) is 4.98 Å². The standard InChI is InChI=1S/C10H13BrN4O4/c1-6-7(15(17)18)4-14-10(9(6)11)13-2-3-19-5-8(12)16/h4H,2-3,5H2,1H3,(H2,12,16)(H,13,14). The average molecular weight is 333 g/mol. The Kier molecular flexibility index (Phi) is 5.64. The van der Waals surface area contributed by atoms with Crippen LogP contribution in [0, 0.1) is 17.0 Å². The molecule has 0 saturated carbocycles. The van der Waals surface area contributed by atoms with E-state index in [1.807, 2.05) is 0 Å². The number of nitrogens with one attached hydrogen (secondary N) is 1. The Morgan fingerprint density at radius 2 is 2.37 bits per heavy atom. The van der Waals surface area contributed by atoms with Crippen LogP contribution >= 0.6 is 15.9 Å². The number of aromatic nitrogens is 1. The molecule has 1 aromatic heterocycles. The average Bonchev–Trinajstić information content (AvgIpc) is 2.33. The molecule has 0 radical (unpaired) electrons. The second-order valence-corrected chi connectivity index (χ2v) is 4.43. The topological polar surface area (TPSA) is 120 Å². The van der Waals surface area contributed by atoms with Crippen molar-refractivity contribution in [2.45, 2.75) is 6.92 Å². The minimum absolute atomic E-state index is 0.0533. The van der Waals surface area contributed by atoms with Crippen molar-refractivity contribution in [2.75, 3.05) is 25.1 Å². The Bertz CT molecular complexity index is 495. The number of primary amides is 1. The molecule has 0 aliphatic carbocycles.